The molecule has 1 aliphatic heterocycles. The molecule has 0 aliphatic carbocycles. The Kier molecular flexibility index (Phi) is 6.38. The molecule has 1 aromatic rings. The normalized spacial score (nSPS) is 21.1. The molecule has 21 heavy (non-hydrogen) atoms. The quantitative estimate of drug-likeness (QED) is 0.859. The summed E-state index contributed by atoms with van der Waals surface area (Å²) in [5.41, 5.74) is 8.82. The van der Waals surface area contributed by atoms with Gasteiger partial charge in [0.1, 0.15) is 0 Å². The van der Waals surface area contributed by atoms with Crippen molar-refractivity contribution in [2.24, 2.45) is 11.7 Å². The fraction of sp³-hybridized carbons (Fsp3) is 0.667. The minimum atomic E-state index is 0.236. The molecule has 0 saturated carbocycles. The first-order chi connectivity index (χ1) is 10.1. The van der Waals surface area contributed by atoms with Crippen molar-refractivity contribution in [2.45, 2.75) is 58.4 Å². The lowest BCUT2D eigenvalue weighted by atomic mass is 9.98. The van der Waals surface area contributed by atoms with Gasteiger partial charge in [-0.2, -0.15) is 0 Å². The topological polar surface area (TPSA) is 29.3 Å². The van der Waals surface area contributed by atoms with Crippen molar-refractivity contribution in [3.63, 3.8) is 0 Å². The highest BCUT2D eigenvalue weighted by Crippen LogP contribution is 2.30. The molecule has 0 bridgehead atoms. The molecule has 1 heterocycles. The van der Waals surface area contributed by atoms with Crippen LogP contribution >= 0.6 is 11.6 Å². The number of hydrogen-bond donors (Lipinski definition) is 1. The summed E-state index contributed by atoms with van der Waals surface area (Å²) < 4.78 is 0. The fourth-order valence-corrected chi connectivity index (χ4v) is 3.41. The van der Waals surface area contributed by atoms with E-state index in [1.165, 1.54) is 36.9 Å². The Morgan fingerprint density at radius 3 is 2.81 bits per heavy atom. The van der Waals surface area contributed by atoms with Crippen molar-refractivity contribution >= 4 is 17.3 Å². The SMILES string of the molecule is CCC(N)Cc1ccc(Cl)cc1N1CCCC(CC)CC1. The highest BCUT2D eigenvalue weighted by Gasteiger charge is 2.19. The zero-order valence-electron chi connectivity index (χ0n) is 13.4. The van der Waals surface area contributed by atoms with Gasteiger partial charge in [0.15, 0.2) is 0 Å². The first kappa shape index (κ1) is 16.6. The molecule has 2 atom stereocenters. The van der Waals surface area contributed by atoms with Crippen molar-refractivity contribution in [2.75, 3.05) is 18.0 Å². The third-order valence-corrected chi connectivity index (χ3v) is 5.05. The number of nitrogens with two attached hydrogens (primary N) is 1. The number of anilines is 1. The average molecular weight is 309 g/mol. The minimum absolute atomic E-state index is 0.236. The molecule has 1 fully saturated rings. The molecule has 1 aliphatic rings. The summed E-state index contributed by atoms with van der Waals surface area (Å²) >= 11 is 6.25. The molecule has 2 N–H and O–H groups in total. The highest BCUT2D eigenvalue weighted by molar-refractivity contribution is 6.30. The van der Waals surface area contributed by atoms with Crippen LogP contribution in [0.15, 0.2) is 18.2 Å². The predicted octanol–water partition coefficient (Wildman–Crippen LogP) is 4.64. The van der Waals surface area contributed by atoms with Gasteiger partial charge >= 0.3 is 0 Å². The fourth-order valence-electron chi connectivity index (χ4n) is 3.25. The second-order valence-corrected chi connectivity index (χ2v) is 6.77. The van der Waals surface area contributed by atoms with Gasteiger partial charge in [-0.25, -0.2) is 0 Å². The van der Waals surface area contributed by atoms with Gasteiger partial charge in [-0.3, -0.25) is 0 Å². The molecule has 0 spiro atoms. The van der Waals surface area contributed by atoms with Crippen LogP contribution < -0.4 is 10.6 Å². The number of nitrogens with zero attached hydrogens (tertiary/aromatic N) is 1. The zero-order chi connectivity index (χ0) is 15.2. The van der Waals surface area contributed by atoms with Crippen molar-refractivity contribution < 1.29 is 0 Å². The summed E-state index contributed by atoms with van der Waals surface area (Å²) in [4.78, 5) is 2.53. The Morgan fingerprint density at radius 1 is 1.29 bits per heavy atom. The van der Waals surface area contributed by atoms with E-state index in [1.54, 1.807) is 0 Å². The summed E-state index contributed by atoms with van der Waals surface area (Å²) in [6.45, 7) is 6.75. The first-order valence-corrected chi connectivity index (χ1v) is 8.80. The van der Waals surface area contributed by atoms with E-state index >= 15 is 0 Å². The van der Waals surface area contributed by atoms with Crippen molar-refractivity contribution in [1.29, 1.82) is 0 Å². The van der Waals surface area contributed by atoms with Crippen molar-refractivity contribution in [3.05, 3.63) is 28.8 Å². The summed E-state index contributed by atoms with van der Waals surface area (Å²) in [5.74, 6) is 0.885. The smallest absolute Gasteiger partial charge is 0.0426 e. The largest absolute Gasteiger partial charge is 0.371 e. The molecule has 118 valence electrons. The number of halogens is 1. The van der Waals surface area contributed by atoms with E-state index in [4.69, 9.17) is 17.3 Å². The van der Waals surface area contributed by atoms with E-state index in [-0.39, 0.29) is 6.04 Å². The Balaban J connectivity index is 2.18. The molecule has 0 radical (unpaired) electrons. The average Bonchev–Trinajstić information content (AvgIpc) is 2.74. The maximum Gasteiger partial charge on any atom is 0.0426 e. The number of rotatable bonds is 5. The van der Waals surface area contributed by atoms with Gasteiger partial charge in [-0.15, -0.1) is 0 Å². The van der Waals surface area contributed by atoms with E-state index in [0.717, 1.165) is 36.9 Å². The first-order valence-electron chi connectivity index (χ1n) is 8.43. The zero-order valence-corrected chi connectivity index (χ0v) is 14.2. The molecule has 2 rings (SSSR count). The van der Waals surface area contributed by atoms with E-state index in [9.17, 15) is 0 Å². The summed E-state index contributed by atoms with van der Waals surface area (Å²) in [5, 5.41) is 0.829. The second kappa shape index (κ2) is 8.05. The Labute approximate surface area is 134 Å². The molecule has 2 unspecified atom stereocenters. The Hall–Kier alpha value is -0.730. The van der Waals surface area contributed by atoms with Gasteiger partial charge in [0, 0.05) is 29.8 Å². The molecule has 0 aromatic heterocycles. The van der Waals surface area contributed by atoms with Crippen LogP contribution in [0.1, 0.15) is 51.5 Å². The van der Waals surface area contributed by atoms with Crippen LogP contribution in [0.2, 0.25) is 5.02 Å². The van der Waals surface area contributed by atoms with Gasteiger partial charge in [-0.05, 0) is 55.7 Å². The van der Waals surface area contributed by atoms with E-state index in [1.807, 2.05) is 6.07 Å². The monoisotopic (exact) mass is 308 g/mol. The van der Waals surface area contributed by atoms with Crippen LogP contribution in [-0.4, -0.2) is 19.1 Å². The molecular weight excluding hydrogens is 280 g/mol. The van der Waals surface area contributed by atoms with Crippen LogP contribution in [0.4, 0.5) is 5.69 Å². The van der Waals surface area contributed by atoms with E-state index in [0.29, 0.717) is 0 Å². The standard InChI is InChI=1S/C18H29ClN2/c1-3-14-6-5-10-21(11-9-14)18-13-16(19)8-7-15(18)12-17(20)4-2/h7-8,13-14,17H,3-6,9-12,20H2,1-2H3. The lowest BCUT2D eigenvalue weighted by Crippen LogP contribution is -2.28. The Morgan fingerprint density at radius 2 is 2.10 bits per heavy atom. The lowest BCUT2D eigenvalue weighted by Gasteiger charge is -2.27. The van der Waals surface area contributed by atoms with Crippen LogP contribution in [-0.2, 0) is 6.42 Å². The predicted molar refractivity (Wildman–Crippen MR) is 93.3 cm³/mol. The minimum Gasteiger partial charge on any atom is -0.371 e. The molecule has 1 aromatic carbocycles. The van der Waals surface area contributed by atoms with E-state index in [2.05, 4.69) is 30.9 Å². The number of benzene rings is 1. The van der Waals surface area contributed by atoms with Gasteiger partial charge in [-0.1, -0.05) is 37.9 Å². The lowest BCUT2D eigenvalue weighted by molar-refractivity contribution is 0.459. The highest BCUT2D eigenvalue weighted by atomic mass is 35.5. The van der Waals surface area contributed by atoms with Crippen LogP contribution in [0.5, 0.6) is 0 Å². The number of hydrogen-bond acceptors (Lipinski definition) is 2. The second-order valence-electron chi connectivity index (χ2n) is 6.34. The maximum atomic E-state index is 6.25. The van der Waals surface area contributed by atoms with Gasteiger partial charge in [0.25, 0.3) is 0 Å². The van der Waals surface area contributed by atoms with E-state index < -0.39 is 0 Å². The molecule has 3 heteroatoms. The third-order valence-electron chi connectivity index (χ3n) is 4.82. The maximum absolute atomic E-state index is 6.25. The van der Waals surface area contributed by atoms with Crippen molar-refractivity contribution in [1.82, 2.24) is 0 Å². The van der Waals surface area contributed by atoms with Gasteiger partial charge in [0.2, 0.25) is 0 Å². The third kappa shape index (κ3) is 4.62. The molecule has 2 nitrogen and oxygen atoms in total. The summed E-state index contributed by atoms with van der Waals surface area (Å²) in [6.07, 6.45) is 7.19. The van der Waals surface area contributed by atoms with Gasteiger partial charge in [0.05, 0.1) is 0 Å². The molecule has 1 saturated heterocycles. The van der Waals surface area contributed by atoms with Crippen LogP contribution in [0.25, 0.3) is 0 Å². The van der Waals surface area contributed by atoms with Crippen LogP contribution in [0.3, 0.4) is 0 Å². The van der Waals surface area contributed by atoms with Crippen molar-refractivity contribution in [3.8, 4) is 0 Å². The van der Waals surface area contributed by atoms with Crippen LogP contribution in [0, 0.1) is 5.92 Å². The Bertz CT molecular complexity index is 447. The molecule has 0 amide bonds. The van der Waals surface area contributed by atoms with Gasteiger partial charge < -0.3 is 10.6 Å². The summed E-state index contributed by atoms with van der Waals surface area (Å²) in [7, 11) is 0. The summed E-state index contributed by atoms with van der Waals surface area (Å²) in [6, 6.07) is 6.52. The molecular formula is C18H29ClN2.